The van der Waals surface area contributed by atoms with E-state index in [0.717, 1.165) is 0 Å². The Hall–Kier alpha value is -3.04. The van der Waals surface area contributed by atoms with Crippen molar-refractivity contribution in [2.24, 2.45) is 0 Å². The van der Waals surface area contributed by atoms with Crippen LogP contribution in [0, 0.1) is 6.92 Å². The molecule has 8 nitrogen and oxygen atoms in total. The van der Waals surface area contributed by atoms with Crippen molar-refractivity contribution in [1.82, 2.24) is 5.16 Å². The first kappa shape index (κ1) is 22.2. The number of nitrogens with one attached hydrogen (secondary N) is 1. The van der Waals surface area contributed by atoms with Gasteiger partial charge in [-0.2, -0.15) is 0 Å². The fourth-order valence-corrected chi connectivity index (χ4v) is 5.24. The molecule has 1 saturated carbocycles. The Balaban J connectivity index is 1.69. The summed E-state index contributed by atoms with van der Waals surface area (Å²) in [7, 11) is -3.38. The van der Waals surface area contributed by atoms with Crippen LogP contribution >= 0.6 is 11.6 Å². The Labute approximate surface area is 190 Å². The lowest BCUT2D eigenvalue weighted by Gasteiger charge is -2.27. The molecule has 1 heterocycles. The zero-order chi connectivity index (χ0) is 23.0. The van der Waals surface area contributed by atoms with Crippen molar-refractivity contribution < 1.29 is 22.8 Å². The molecule has 1 amide bonds. The predicted molar refractivity (Wildman–Crippen MR) is 123 cm³/mol. The van der Waals surface area contributed by atoms with Gasteiger partial charge in [0.15, 0.2) is 5.76 Å². The lowest BCUT2D eigenvalue weighted by Crippen LogP contribution is -2.33. The van der Waals surface area contributed by atoms with E-state index < -0.39 is 22.2 Å². The van der Waals surface area contributed by atoms with Gasteiger partial charge in [-0.3, -0.25) is 9.62 Å². The number of nitrogens with zero attached hydrogens (tertiary/aromatic N) is 2. The number of hydrogen-bond donors (Lipinski definition) is 2. The molecule has 168 valence electrons. The number of carboxylic acid groups (broad SMARTS) is 1. The molecule has 0 radical (unpaired) electrons. The second-order valence-corrected chi connectivity index (χ2v) is 10.1. The standard InChI is InChI=1S/C22H22ClN3O5S/c1-13-20(26(22(27)28)14(2)18-5-3-4-6-19(18)23)21(31-24-13)15-7-9-16(10-8-15)25-32(29,30)17-11-12-17/h3-10,14,17,25H,11-12H2,1-2H3,(H,27,28). The van der Waals surface area contributed by atoms with Crippen molar-refractivity contribution in [3.05, 3.63) is 64.8 Å². The molecule has 1 aromatic heterocycles. The van der Waals surface area contributed by atoms with E-state index in [1.54, 1.807) is 62.4 Å². The molecule has 0 spiro atoms. The number of amides is 1. The molecule has 1 unspecified atom stereocenters. The third kappa shape index (κ3) is 4.31. The summed E-state index contributed by atoms with van der Waals surface area (Å²) in [6.45, 7) is 3.40. The van der Waals surface area contributed by atoms with Crippen molar-refractivity contribution in [3.8, 4) is 11.3 Å². The molecule has 1 fully saturated rings. The van der Waals surface area contributed by atoms with Gasteiger partial charge in [-0.25, -0.2) is 13.2 Å². The average molecular weight is 476 g/mol. The normalized spacial score (nSPS) is 14.7. The van der Waals surface area contributed by atoms with Gasteiger partial charge in [0.25, 0.3) is 0 Å². The van der Waals surface area contributed by atoms with Crippen molar-refractivity contribution in [3.63, 3.8) is 0 Å². The summed E-state index contributed by atoms with van der Waals surface area (Å²) in [5.74, 6) is 0.264. The Morgan fingerprint density at radius 2 is 1.88 bits per heavy atom. The van der Waals surface area contributed by atoms with E-state index >= 15 is 0 Å². The summed E-state index contributed by atoms with van der Waals surface area (Å²) in [5, 5.41) is 14.1. The number of hydrogen-bond acceptors (Lipinski definition) is 5. The number of aryl methyl sites for hydroxylation is 1. The predicted octanol–water partition coefficient (Wildman–Crippen LogP) is 5.45. The van der Waals surface area contributed by atoms with E-state index in [-0.39, 0.29) is 11.0 Å². The highest BCUT2D eigenvalue weighted by Gasteiger charge is 2.36. The number of rotatable bonds is 7. The fourth-order valence-electron chi connectivity index (χ4n) is 3.56. The van der Waals surface area contributed by atoms with Crippen molar-refractivity contribution in [2.75, 3.05) is 9.62 Å². The number of halogens is 1. The van der Waals surface area contributed by atoms with Gasteiger partial charge < -0.3 is 9.63 Å². The van der Waals surface area contributed by atoms with Crippen LogP contribution in [0.1, 0.15) is 37.1 Å². The molecule has 1 atom stereocenters. The molecule has 2 N–H and O–H groups in total. The SMILES string of the molecule is Cc1noc(-c2ccc(NS(=O)(=O)C3CC3)cc2)c1N(C(=O)O)C(C)c1ccccc1Cl. The van der Waals surface area contributed by atoms with Gasteiger partial charge in [0.05, 0.1) is 11.3 Å². The topological polar surface area (TPSA) is 113 Å². The second kappa shape index (κ2) is 8.48. The van der Waals surface area contributed by atoms with Crippen LogP contribution in [0.15, 0.2) is 53.1 Å². The molecule has 3 aromatic rings. The minimum Gasteiger partial charge on any atom is -0.465 e. The van der Waals surface area contributed by atoms with Gasteiger partial charge in [-0.1, -0.05) is 35.0 Å². The summed E-state index contributed by atoms with van der Waals surface area (Å²) in [6, 6.07) is 13.0. The van der Waals surface area contributed by atoms with E-state index in [9.17, 15) is 18.3 Å². The Morgan fingerprint density at radius 1 is 1.22 bits per heavy atom. The van der Waals surface area contributed by atoms with E-state index in [2.05, 4.69) is 9.88 Å². The zero-order valence-electron chi connectivity index (χ0n) is 17.4. The van der Waals surface area contributed by atoms with Gasteiger partial charge in [-0.05, 0) is 62.6 Å². The van der Waals surface area contributed by atoms with E-state index in [0.29, 0.717) is 46.1 Å². The minimum atomic E-state index is -3.38. The number of carbonyl (C=O) groups is 1. The van der Waals surface area contributed by atoms with Gasteiger partial charge in [0.1, 0.15) is 11.4 Å². The Bertz CT molecular complexity index is 1250. The number of anilines is 2. The quantitative estimate of drug-likeness (QED) is 0.469. The van der Waals surface area contributed by atoms with Crippen LogP contribution in [-0.2, 0) is 10.0 Å². The van der Waals surface area contributed by atoms with Crippen LogP contribution in [0.5, 0.6) is 0 Å². The third-order valence-electron chi connectivity index (χ3n) is 5.39. The monoisotopic (exact) mass is 475 g/mol. The van der Waals surface area contributed by atoms with Crippen LogP contribution in [0.25, 0.3) is 11.3 Å². The first-order valence-corrected chi connectivity index (χ1v) is 12.0. The summed E-state index contributed by atoms with van der Waals surface area (Å²) in [6.07, 6.45) is 0.157. The van der Waals surface area contributed by atoms with Gasteiger partial charge >= 0.3 is 6.09 Å². The Kier molecular flexibility index (Phi) is 5.87. The molecular weight excluding hydrogens is 454 g/mol. The lowest BCUT2D eigenvalue weighted by atomic mass is 10.0. The third-order valence-corrected chi connectivity index (χ3v) is 7.61. The number of benzene rings is 2. The van der Waals surface area contributed by atoms with Gasteiger partial charge in [0, 0.05) is 16.3 Å². The second-order valence-electron chi connectivity index (χ2n) is 7.72. The van der Waals surface area contributed by atoms with Crippen LogP contribution in [0.4, 0.5) is 16.2 Å². The highest BCUT2D eigenvalue weighted by Crippen LogP contribution is 2.40. The first-order chi connectivity index (χ1) is 15.2. The zero-order valence-corrected chi connectivity index (χ0v) is 19.0. The molecule has 2 aromatic carbocycles. The Morgan fingerprint density at radius 3 is 2.47 bits per heavy atom. The molecule has 32 heavy (non-hydrogen) atoms. The smallest absolute Gasteiger partial charge is 0.412 e. The molecule has 1 aliphatic rings. The highest BCUT2D eigenvalue weighted by atomic mass is 35.5. The molecule has 0 aliphatic heterocycles. The van der Waals surface area contributed by atoms with Gasteiger partial charge in [-0.15, -0.1) is 0 Å². The number of aromatic nitrogens is 1. The van der Waals surface area contributed by atoms with Crippen molar-refractivity contribution in [1.29, 1.82) is 0 Å². The first-order valence-electron chi connectivity index (χ1n) is 10.0. The highest BCUT2D eigenvalue weighted by molar-refractivity contribution is 7.93. The number of sulfonamides is 1. The minimum absolute atomic E-state index is 0.264. The maximum absolute atomic E-state index is 12.3. The van der Waals surface area contributed by atoms with Crippen molar-refractivity contribution in [2.45, 2.75) is 38.0 Å². The molecular formula is C22H22ClN3O5S. The van der Waals surface area contributed by atoms with Crippen LogP contribution < -0.4 is 9.62 Å². The molecule has 4 rings (SSSR count). The summed E-state index contributed by atoms with van der Waals surface area (Å²) >= 11 is 6.31. The molecule has 1 aliphatic carbocycles. The molecule has 10 heteroatoms. The maximum Gasteiger partial charge on any atom is 0.412 e. The lowest BCUT2D eigenvalue weighted by molar-refractivity contribution is 0.199. The van der Waals surface area contributed by atoms with Crippen LogP contribution in [-0.4, -0.2) is 30.0 Å². The fraction of sp³-hybridized carbons (Fsp3) is 0.273. The van der Waals surface area contributed by atoms with Crippen LogP contribution in [0.2, 0.25) is 5.02 Å². The largest absolute Gasteiger partial charge is 0.465 e. The van der Waals surface area contributed by atoms with Gasteiger partial charge in [0.2, 0.25) is 10.0 Å². The molecule has 0 bridgehead atoms. The van der Waals surface area contributed by atoms with E-state index in [1.165, 1.54) is 4.90 Å². The summed E-state index contributed by atoms with van der Waals surface area (Å²) in [5.41, 5.74) is 2.34. The summed E-state index contributed by atoms with van der Waals surface area (Å²) < 4.78 is 32.4. The summed E-state index contributed by atoms with van der Waals surface area (Å²) in [4.78, 5) is 13.4. The van der Waals surface area contributed by atoms with Crippen LogP contribution in [0.3, 0.4) is 0 Å². The average Bonchev–Trinajstić information content (AvgIpc) is 3.54. The van der Waals surface area contributed by atoms with Crippen molar-refractivity contribution >= 4 is 39.1 Å². The van der Waals surface area contributed by atoms with E-state index in [1.807, 2.05) is 0 Å². The van der Waals surface area contributed by atoms with E-state index in [4.69, 9.17) is 16.1 Å². The maximum atomic E-state index is 12.3. The molecule has 0 saturated heterocycles.